The van der Waals surface area contributed by atoms with E-state index in [1.165, 1.54) is 6.39 Å². The van der Waals surface area contributed by atoms with E-state index in [0.29, 0.717) is 31.1 Å². The number of oxazole rings is 1. The lowest BCUT2D eigenvalue weighted by Crippen LogP contribution is -2.53. The average molecular weight is 356 g/mol. The van der Waals surface area contributed by atoms with Crippen LogP contribution in [0.2, 0.25) is 0 Å². The van der Waals surface area contributed by atoms with E-state index in [4.69, 9.17) is 9.15 Å². The third kappa shape index (κ3) is 3.10. The summed E-state index contributed by atoms with van der Waals surface area (Å²) in [6.45, 7) is 1.55. The average Bonchev–Trinajstić information content (AvgIpc) is 3.24. The van der Waals surface area contributed by atoms with Crippen LogP contribution in [0, 0.1) is 0 Å². The molecule has 2 aliphatic rings. The fraction of sp³-hybridized carbons (Fsp3) is 0.389. The van der Waals surface area contributed by atoms with E-state index in [-0.39, 0.29) is 12.1 Å². The number of ether oxygens (including phenoxy) is 1. The summed E-state index contributed by atoms with van der Waals surface area (Å²) in [6.07, 6.45) is 4.24. The Morgan fingerprint density at radius 3 is 2.96 bits per heavy atom. The second-order valence-corrected chi connectivity index (χ2v) is 6.81. The molecule has 1 aromatic heterocycles. The minimum atomic E-state index is -0.594. The standard InChI is InChI=1S/C18H20N4O4/c1-21-10-18(26-17(21)24)6-3-7-22(11-18)16(23)20-14-5-2-4-13(8-14)15-9-19-12-25-15/h2,4-5,8-9,12H,3,6-7,10-11H2,1H3,(H,20,23)/t18-/m0/s1. The summed E-state index contributed by atoms with van der Waals surface area (Å²) >= 11 is 0. The second kappa shape index (κ2) is 6.36. The molecule has 2 aromatic rings. The number of hydrogen-bond acceptors (Lipinski definition) is 5. The molecule has 8 nitrogen and oxygen atoms in total. The van der Waals surface area contributed by atoms with Crippen molar-refractivity contribution in [2.24, 2.45) is 0 Å². The van der Waals surface area contributed by atoms with Gasteiger partial charge in [-0.25, -0.2) is 14.6 Å². The first-order chi connectivity index (χ1) is 12.5. The third-order valence-corrected chi connectivity index (χ3v) is 4.80. The van der Waals surface area contributed by atoms with Crippen LogP contribution in [0.15, 0.2) is 41.3 Å². The smallest absolute Gasteiger partial charge is 0.410 e. The molecule has 1 N–H and O–H groups in total. The van der Waals surface area contributed by atoms with Crippen molar-refractivity contribution in [1.29, 1.82) is 0 Å². The molecule has 2 aliphatic heterocycles. The Morgan fingerprint density at radius 2 is 2.23 bits per heavy atom. The summed E-state index contributed by atoms with van der Waals surface area (Å²) in [4.78, 5) is 31.6. The van der Waals surface area contributed by atoms with E-state index >= 15 is 0 Å². The maximum atomic E-state index is 12.7. The second-order valence-electron chi connectivity index (χ2n) is 6.81. The van der Waals surface area contributed by atoms with Crippen LogP contribution in [0.25, 0.3) is 11.3 Å². The Hall–Kier alpha value is -3.03. The summed E-state index contributed by atoms with van der Waals surface area (Å²) < 4.78 is 10.8. The lowest BCUT2D eigenvalue weighted by atomic mass is 9.93. The number of aromatic nitrogens is 1. The molecule has 0 saturated carbocycles. The molecule has 26 heavy (non-hydrogen) atoms. The van der Waals surface area contributed by atoms with Gasteiger partial charge in [0.15, 0.2) is 12.2 Å². The van der Waals surface area contributed by atoms with E-state index in [9.17, 15) is 9.59 Å². The molecule has 0 aliphatic carbocycles. The molecule has 2 saturated heterocycles. The van der Waals surface area contributed by atoms with Gasteiger partial charge in [0.05, 0.1) is 19.3 Å². The summed E-state index contributed by atoms with van der Waals surface area (Å²) in [5, 5.41) is 2.91. The first-order valence-corrected chi connectivity index (χ1v) is 8.54. The molecule has 1 atom stereocenters. The van der Waals surface area contributed by atoms with E-state index in [1.807, 2.05) is 24.3 Å². The first-order valence-electron chi connectivity index (χ1n) is 8.54. The van der Waals surface area contributed by atoms with Gasteiger partial charge in [0, 0.05) is 24.8 Å². The van der Waals surface area contributed by atoms with Crippen LogP contribution in [0.4, 0.5) is 15.3 Å². The number of rotatable bonds is 2. The van der Waals surface area contributed by atoms with Crippen LogP contribution < -0.4 is 5.32 Å². The summed E-state index contributed by atoms with van der Waals surface area (Å²) in [5.41, 5.74) is 0.911. The quantitative estimate of drug-likeness (QED) is 0.894. The van der Waals surface area contributed by atoms with Gasteiger partial charge in [-0.05, 0) is 25.0 Å². The van der Waals surface area contributed by atoms with Crippen LogP contribution >= 0.6 is 0 Å². The summed E-state index contributed by atoms with van der Waals surface area (Å²) in [6, 6.07) is 7.19. The third-order valence-electron chi connectivity index (χ3n) is 4.80. The highest BCUT2D eigenvalue weighted by molar-refractivity contribution is 5.90. The van der Waals surface area contributed by atoms with Gasteiger partial charge < -0.3 is 24.3 Å². The van der Waals surface area contributed by atoms with E-state index < -0.39 is 5.60 Å². The van der Waals surface area contributed by atoms with Crippen LogP contribution in [0.3, 0.4) is 0 Å². The van der Waals surface area contributed by atoms with Gasteiger partial charge in [0.25, 0.3) is 0 Å². The minimum absolute atomic E-state index is 0.204. The number of carbonyl (C=O) groups is 2. The molecule has 8 heteroatoms. The molecule has 3 amide bonds. The Bertz CT molecular complexity index is 822. The fourth-order valence-electron chi connectivity index (χ4n) is 3.59. The Morgan fingerprint density at radius 1 is 1.35 bits per heavy atom. The zero-order chi connectivity index (χ0) is 18.1. The molecular formula is C18H20N4O4. The maximum Gasteiger partial charge on any atom is 0.410 e. The highest BCUT2D eigenvalue weighted by atomic mass is 16.6. The molecule has 0 radical (unpaired) electrons. The predicted molar refractivity (Wildman–Crippen MR) is 93.6 cm³/mol. The van der Waals surface area contributed by atoms with Gasteiger partial charge in [-0.15, -0.1) is 0 Å². The Labute approximate surface area is 150 Å². The lowest BCUT2D eigenvalue weighted by molar-refractivity contribution is 0.00497. The van der Waals surface area contributed by atoms with Gasteiger partial charge in [0.1, 0.15) is 5.60 Å². The lowest BCUT2D eigenvalue weighted by Gasteiger charge is -2.38. The normalized spacial score (nSPS) is 22.6. The van der Waals surface area contributed by atoms with E-state index in [2.05, 4.69) is 10.3 Å². The molecule has 0 unspecified atom stereocenters. The van der Waals surface area contributed by atoms with Gasteiger partial charge in [-0.2, -0.15) is 0 Å². The number of likely N-dealkylation sites (N-methyl/N-ethyl adjacent to an activating group) is 1. The van der Waals surface area contributed by atoms with Crippen LogP contribution in [-0.2, 0) is 4.74 Å². The molecular weight excluding hydrogens is 336 g/mol. The van der Waals surface area contributed by atoms with E-state index in [1.54, 1.807) is 23.0 Å². The highest BCUT2D eigenvalue weighted by Crippen LogP contribution is 2.31. The Balaban J connectivity index is 1.45. The van der Waals surface area contributed by atoms with Crippen molar-refractivity contribution >= 4 is 17.8 Å². The molecule has 1 spiro atoms. The Kier molecular flexibility index (Phi) is 4.02. The fourth-order valence-corrected chi connectivity index (χ4v) is 3.59. The molecule has 2 fully saturated rings. The topological polar surface area (TPSA) is 87.9 Å². The summed E-state index contributed by atoms with van der Waals surface area (Å²) in [5.74, 6) is 0.638. The number of amides is 3. The van der Waals surface area contributed by atoms with Gasteiger partial charge in [0.2, 0.25) is 0 Å². The van der Waals surface area contributed by atoms with Crippen LogP contribution in [0.5, 0.6) is 0 Å². The van der Waals surface area contributed by atoms with Crippen LogP contribution in [0.1, 0.15) is 12.8 Å². The van der Waals surface area contributed by atoms with Crippen molar-refractivity contribution in [1.82, 2.24) is 14.8 Å². The number of carbonyl (C=O) groups excluding carboxylic acids is 2. The molecule has 136 valence electrons. The molecule has 1 aromatic carbocycles. The number of hydrogen-bond donors (Lipinski definition) is 1. The number of likely N-dealkylation sites (tertiary alicyclic amines) is 1. The van der Waals surface area contributed by atoms with Gasteiger partial charge in [-0.3, -0.25) is 0 Å². The number of urea groups is 1. The maximum absolute atomic E-state index is 12.7. The largest absolute Gasteiger partial charge is 0.444 e. The first kappa shape index (κ1) is 16.4. The van der Waals surface area contributed by atoms with E-state index in [0.717, 1.165) is 18.4 Å². The highest BCUT2D eigenvalue weighted by Gasteiger charge is 2.47. The number of anilines is 1. The molecule has 4 rings (SSSR count). The number of nitrogens with one attached hydrogen (secondary N) is 1. The zero-order valence-corrected chi connectivity index (χ0v) is 14.5. The zero-order valence-electron chi connectivity index (χ0n) is 14.5. The van der Waals surface area contributed by atoms with Crippen molar-refractivity contribution in [3.8, 4) is 11.3 Å². The van der Waals surface area contributed by atoms with Crippen molar-refractivity contribution < 1.29 is 18.7 Å². The summed E-state index contributed by atoms with van der Waals surface area (Å²) in [7, 11) is 1.71. The minimum Gasteiger partial charge on any atom is -0.444 e. The van der Waals surface area contributed by atoms with Crippen molar-refractivity contribution in [2.45, 2.75) is 18.4 Å². The number of nitrogens with zero attached hydrogens (tertiary/aromatic N) is 3. The van der Waals surface area contributed by atoms with Gasteiger partial charge in [-0.1, -0.05) is 12.1 Å². The van der Waals surface area contributed by atoms with Crippen molar-refractivity contribution in [3.63, 3.8) is 0 Å². The van der Waals surface area contributed by atoms with Crippen LogP contribution in [-0.4, -0.2) is 59.2 Å². The number of benzene rings is 1. The van der Waals surface area contributed by atoms with Gasteiger partial charge >= 0.3 is 12.1 Å². The number of piperidine rings is 1. The van der Waals surface area contributed by atoms with Crippen molar-refractivity contribution in [3.05, 3.63) is 36.9 Å². The molecule has 0 bridgehead atoms. The predicted octanol–water partition coefficient (Wildman–Crippen LogP) is 2.79. The molecule has 3 heterocycles. The monoisotopic (exact) mass is 356 g/mol. The van der Waals surface area contributed by atoms with Crippen molar-refractivity contribution in [2.75, 3.05) is 32.0 Å². The SMILES string of the molecule is CN1C[C@]2(CCCN(C(=O)Nc3cccc(-c4cnco4)c3)C2)OC1=O.